The number of nitrogens with one attached hydrogen (secondary N) is 1. The molecule has 0 spiro atoms. The molecule has 1 heterocycles. The lowest BCUT2D eigenvalue weighted by Gasteiger charge is -2.05. The Morgan fingerprint density at radius 1 is 1.04 bits per heavy atom. The van der Waals surface area contributed by atoms with Gasteiger partial charge in [0, 0.05) is 21.2 Å². The largest absolute Gasteiger partial charge is 0.494 e. The SMILES string of the molecule is CCCc1sc(Nc2ccc(OCC)cc2)nc1-c1ccc(Cl)cc1. The summed E-state index contributed by atoms with van der Waals surface area (Å²) in [5.41, 5.74) is 3.14. The predicted octanol–water partition coefficient (Wildman–Crippen LogP) is 6.56. The summed E-state index contributed by atoms with van der Waals surface area (Å²) in [5, 5.41) is 5.04. The molecule has 0 aliphatic heterocycles. The highest BCUT2D eigenvalue weighted by atomic mass is 35.5. The molecule has 0 atom stereocenters. The maximum Gasteiger partial charge on any atom is 0.187 e. The summed E-state index contributed by atoms with van der Waals surface area (Å²) in [6.45, 7) is 4.84. The molecule has 3 rings (SSSR count). The van der Waals surface area contributed by atoms with E-state index in [0.717, 1.165) is 45.7 Å². The molecule has 1 N–H and O–H groups in total. The van der Waals surface area contributed by atoms with Crippen molar-refractivity contribution in [3.63, 3.8) is 0 Å². The lowest BCUT2D eigenvalue weighted by molar-refractivity contribution is 0.340. The summed E-state index contributed by atoms with van der Waals surface area (Å²) in [6, 6.07) is 15.8. The first-order chi connectivity index (χ1) is 12.2. The van der Waals surface area contributed by atoms with Crippen molar-refractivity contribution in [3.8, 4) is 17.0 Å². The molecule has 0 aliphatic rings. The molecule has 3 aromatic rings. The number of nitrogens with zero attached hydrogens (tertiary/aromatic N) is 1. The van der Waals surface area contributed by atoms with Crippen LogP contribution in [-0.4, -0.2) is 11.6 Å². The summed E-state index contributed by atoms with van der Waals surface area (Å²) in [4.78, 5) is 6.11. The molecule has 130 valence electrons. The van der Waals surface area contributed by atoms with E-state index < -0.39 is 0 Å². The maximum absolute atomic E-state index is 6.01. The topological polar surface area (TPSA) is 34.1 Å². The highest BCUT2D eigenvalue weighted by Gasteiger charge is 2.13. The van der Waals surface area contributed by atoms with E-state index in [2.05, 4.69) is 12.2 Å². The van der Waals surface area contributed by atoms with E-state index in [4.69, 9.17) is 21.3 Å². The van der Waals surface area contributed by atoms with Gasteiger partial charge in [-0.2, -0.15) is 0 Å². The van der Waals surface area contributed by atoms with Crippen LogP contribution in [-0.2, 0) is 6.42 Å². The maximum atomic E-state index is 6.01. The highest BCUT2D eigenvalue weighted by Crippen LogP contribution is 2.34. The zero-order valence-corrected chi connectivity index (χ0v) is 16.0. The van der Waals surface area contributed by atoms with Gasteiger partial charge in [-0.05, 0) is 49.7 Å². The lowest BCUT2D eigenvalue weighted by atomic mass is 10.1. The van der Waals surface area contributed by atoms with E-state index >= 15 is 0 Å². The van der Waals surface area contributed by atoms with Crippen LogP contribution in [0.15, 0.2) is 48.5 Å². The smallest absolute Gasteiger partial charge is 0.187 e. The molecular weight excluding hydrogens is 352 g/mol. The summed E-state index contributed by atoms with van der Waals surface area (Å²) in [5.74, 6) is 0.876. The number of aromatic nitrogens is 1. The summed E-state index contributed by atoms with van der Waals surface area (Å²) >= 11 is 7.71. The van der Waals surface area contributed by atoms with Gasteiger partial charge in [-0.25, -0.2) is 4.98 Å². The van der Waals surface area contributed by atoms with Crippen LogP contribution in [0.2, 0.25) is 5.02 Å². The Balaban J connectivity index is 1.84. The van der Waals surface area contributed by atoms with Gasteiger partial charge in [-0.1, -0.05) is 37.1 Å². The number of hydrogen-bond donors (Lipinski definition) is 1. The average molecular weight is 373 g/mol. The Morgan fingerprint density at radius 2 is 1.76 bits per heavy atom. The molecular formula is C20H21ClN2OS. The minimum absolute atomic E-state index is 0.671. The average Bonchev–Trinajstić information content (AvgIpc) is 3.00. The van der Waals surface area contributed by atoms with Crippen molar-refractivity contribution in [2.24, 2.45) is 0 Å². The molecule has 5 heteroatoms. The Labute approximate surface area is 157 Å². The monoisotopic (exact) mass is 372 g/mol. The fourth-order valence-corrected chi connectivity index (χ4v) is 3.79. The number of halogens is 1. The second-order valence-electron chi connectivity index (χ2n) is 5.63. The molecule has 0 amide bonds. The summed E-state index contributed by atoms with van der Waals surface area (Å²) < 4.78 is 5.48. The lowest BCUT2D eigenvalue weighted by Crippen LogP contribution is -1.92. The van der Waals surface area contributed by atoms with Crippen molar-refractivity contribution < 1.29 is 4.74 Å². The Bertz CT molecular complexity index is 813. The number of aryl methyl sites for hydroxylation is 1. The summed E-state index contributed by atoms with van der Waals surface area (Å²) in [6.07, 6.45) is 2.10. The molecule has 0 bridgehead atoms. The number of rotatable bonds is 7. The predicted molar refractivity (Wildman–Crippen MR) is 107 cm³/mol. The van der Waals surface area contributed by atoms with Gasteiger partial charge in [0.1, 0.15) is 5.75 Å². The van der Waals surface area contributed by atoms with Crippen LogP contribution < -0.4 is 10.1 Å². The van der Waals surface area contributed by atoms with Crippen LogP contribution in [0.3, 0.4) is 0 Å². The highest BCUT2D eigenvalue weighted by molar-refractivity contribution is 7.16. The third kappa shape index (κ3) is 4.53. The fraction of sp³-hybridized carbons (Fsp3) is 0.250. The van der Waals surface area contributed by atoms with Crippen LogP contribution in [0, 0.1) is 0 Å². The molecule has 2 aromatic carbocycles. The molecule has 0 fully saturated rings. The van der Waals surface area contributed by atoms with E-state index in [1.165, 1.54) is 4.88 Å². The van der Waals surface area contributed by atoms with Crippen LogP contribution in [0.25, 0.3) is 11.3 Å². The fourth-order valence-electron chi connectivity index (χ4n) is 2.56. The standard InChI is InChI=1S/C20H21ClN2OS/c1-3-5-18-19(14-6-8-15(21)9-7-14)23-20(25-18)22-16-10-12-17(13-11-16)24-4-2/h6-13H,3-5H2,1-2H3,(H,22,23). The van der Waals surface area contributed by atoms with Crippen LogP contribution >= 0.6 is 22.9 Å². The molecule has 3 nitrogen and oxygen atoms in total. The van der Waals surface area contributed by atoms with Crippen LogP contribution in [0.4, 0.5) is 10.8 Å². The van der Waals surface area contributed by atoms with Crippen molar-refractivity contribution in [3.05, 3.63) is 58.4 Å². The molecule has 0 aliphatic carbocycles. The van der Waals surface area contributed by atoms with E-state index in [-0.39, 0.29) is 0 Å². The minimum atomic E-state index is 0.671. The van der Waals surface area contributed by atoms with E-state index in [1.807, 2.05) is 55.5 Å². The normalized spacial score (nSPS) is 10.7. The second kappa shape index (κ2) is 8.37. The van der Waals surface area contributed by atoms with Gasteiger partial charge in [0.25, 0.3) is 0 Å². The second-order valence-corrected chi connectivity index (χ2v) is 7.15. The van der Waals surface area contributed by atoms with E-state index in [9.17, 15) is 0 Å². The Morgan fingerprint density at radius 3 is 2.40 bits per heavy atom. The zero-order valence-electron chi connectivity index (χ0n) is 14.4. The number of benzene rings is 2. The number of hydrogen-bond acceptors (Lipinski definition) is 4. The first kappa shape index (κ1) is 17.8. The van der Waals surface area contributed by atoms with E-state index in [1.54, 1.807) is 11.3 Å². The van der Waals surface area contributed by atoms with Gasteiger partial charge in [-0.3, -0.25) is 0 Å². The Kier molecular flexibility index (Phi) is 5.95. The third-order valence-corrected chi connectivity index (χ3v) is 4.99. The summed E-state index contributed by atoms with van der Waals surface area (Å²) in [7, 11) is 0. The zero-order chi connectivity index (χ0) is 17.6. The van der Waals surface area contributed by atoms with Crippen LogP contribution in [0.1, 0.15) is 25.1 Å². The van der Waals surface area contributed by atoms with Gasteiger partial charge in [-0.15, -0.1) is 11.3 Å². The molecule has 0 radical (unpaired) electrons. The Hall–Kier alpha value is -2.04. The first-order valence-corrected chi connectivity index (χ1v) is 9.64. The van der Waals surface area contributed by atoms with Crippen molar-refractivity contribution >= 4 is 33.8 Å². The van der Waals surface area contributed by atoms with Crippen molar-refractivity contribution in [2.75, 3.05) is 11.9 Å². The van der Waals surface area contributed by atoms with Gasteiger partial charge in [0.15, 0.2) is 5.13 Å². The number of anilines is 2. The van der Waals surface area contributed by atoms with Gasteiger partial charge in [0.2, 0.25) is 0 Å². The van der Waals surface area contributed by atoms with Crippen molar-refractivity contribution in [1.29, 1.82) is 0 Å². The molecule has 25 heavy (non-hydrogen) atoms. The quantitative estimate of drug-likeness (QED) is 0.510. The van der Waals surface area contributed by atoms with Crippen LogP contribution in [0.5, 0.6) is 5.75 Å². The third-order valence-electron chi connectivity index (χ3n) is 3.71. The van der Waals surface area contributed by atoms with E-state index in [0.29, 0.717) is 6.61 Å². The number of thiazole rings is 1. The molecule has 0 saturated heterocycles. The molecule has 1 aromatic heterocycles. The molecule has 0 saturated carbocycles. The minimum Gasteiger partial charge on any atom is -0.494 e. The van der Waals surface area contributed by atoms with Crippen molar-refractivity contribution in [2.45, 2.75) is 26.7 Å². The van der Waals surface area contributed by atoms with Gasteiger partial charge >= 0.3 is 0 Å². The first-order valence-electron chi connectivity index (χ1n) is 8.45. The van der Waals surface area contributed by atoms with Gasteiger partial charge < -0.3 is 10.1 Å². The van der Waals surface area contributed by atoms with Crippen molar-refractivity contribution in [1.82, 2.24) is 4.98 Å². The van der Waals surface area contributed by atoms with Gasteiger partial charge in [0.05, 0.1) is 12.3 Å². The molecule has 0 unspecified atom stereocenters. The number of ether oxygens (including phenoxy) is 1.